The molecule has 0 aliphatic heterocycles. The van der Waals surface area contributed by atoms with Gasteiger partial charge in [-0.3, -0.25) is 9.69 Å². The normalized spacial score (nSPS) is 12.1. The Labute approximate surface area is 152 Å². The lowest BCUT2D eigenvalue weighted by Crippen LogP contribution is -2.36. The van der Waals surface area contributed by atoms with E-state index in [9.17, 15) is 9.18 Å². The molecule has 0 heterocycles. The summed E-state index contributed by atoms with van der Waals surface area (Å²) in [6.45, 7) is 2.59. The SMILES string of the molecule is COc1ccc(CN(C)CC(=O)N[C@H](C)c2ccc(Cl)cc2)cc1F. The summed E-state index contributed by atoms with van der Waals surface area (Å²) in [6.07, 6.45) is 0. The minimum atomic E-state index is -0.408. The van der Waals surface area contributed by atoms with E-state index in [0.29, 0.717) is 11.6 Å². The van der Waals surface area contributed by atoms with E-state index in [1.807, 2.05) is 31.0 Å². The van der Waals surface area contributed by atoms with Gasteiger partial charge in [0, 0.05) is 11.6 Å². The van der Waals surface area contributed by atoms with Crippen LogP contribution in [0.4, 0.5) is 4.39 Å². The van der Waals surface area contributed by atoms with Gasteiger partial charge >= 0.3 is 0 Å². The van der Waals surface area contributed by atoms with Crippen LogP contribution in [0, 0.1) is 5.82 Å². The predicted octanol–water partition coefficient (Wildman–Crippen LogP) is 3.80. The van der Waals surface area contributed by atoms with Crippen molar-refractivity contribution in [3.05, 3.63) is 64.4 Å². The van der Waals surface area contributed by atoms with Crippen LogP contribution in [0.3, 0.4) is 0 Å². The highest BCUT2D eigenvalue weighted by Crippen LogP contribution is 2.19. The second-order valence-corrected chi connectivity index (χ2v) is 6.42. The van der Waals surface area contributed by atoms with Gasteiger partial charge in [0.25, 0.3) is 0 Å². The third kappa shape index (κ3) is 5.73. The molecular weight excluding hydrogens is 343 g/mol. The number of carbonyl (C=O) groups excluding carboxylic acids is 1. The number of ether oxygens (including phenoxy) is 1. The summed E-state index contributed by atoms with van der Waals surface area (Å²) in [5.41, 5.74) is 1.76. The lowest BCUT2D eigenvalue weighted by Gasteiger charge is -2.19. The molecule has 1 N–H and O–H groups in total. The lowest BCUT2D eigenvalue weighted by atomic mass is 10.1. The van der Waals surface area contributed by atoms with Crippen molar-refractivity contribution in [2.75, 3.05) is 20.7 Å². The molecule has 0 spiro atoms. The van der Waals surface area contributed by atoms with E-state index in [1.165, 1.54) is 13.2 Å². The smallest absolute Gasteiger partial charge is 0.234 e. The molecule has 2 aromatic rings. The van der Waals surface area contributed by atoms with Crippen LogP contribution in [0.15, 0.2) is 42.5 Å². The Balaban J connectivity index is 1.87. The number of nitrogens with zero attached hydrogens (tertiary/aromatic N) is 1. The first-order valence-electron chi connectivity index (χ1n) is 7.95. The van der Waals surface area contributed by atoms with E-state index < -0.39 is 5.82 Å². The molecule has 0 fully saturated rings. The van der Waals surface area contributed by atoms with Crippen molar-refractivity contribution in [2.24, 2.45) is 0 Å². The Morgan fingerprint density at radius 1 is 1.28 bits per heavy atom. The summed E-state index contributed by atoms with van der Waals surface area (Å²) in [5.74, 6) is -0.297. The first-order valence-corrected chi connectivity index (χ1v) is 8.32. The van der Waals surface area contributed by atoms with E-state index in [4.69, 9.17) is 16.3 Å². The lowest BCUT2D eigenvalue weighted by molar-refractivity contribution is -0.122. The molecule has 1 amide bonds. The second kappa shape index (κ2) is 8.83. The van der Waals surface area contributed by atoms with Gasteiger partial charge in [0.2, 0.25) is 5.91 Å². The van der Waals surface area contributed by atoms with E-state index in [1.54, 1.807) is 24.3 Å². The number of methoxy groups -OCH3 is 1. The van der Waals surface area contributed by atoms with E-state index in [2.05, 4.69) is 5.32 Å². The number of rotatable bonds is 7. The van der Waals surface area contributed by atoms with Crippen LogP contribution >= 0.6 is 11.6 Å². The van der Waals surface area contributed by atoms with Crippen molar-refractivity contribution in [3.63, 3.8) is 0 Å². The van der Waals surface area contributed by atoms with Crippen molar-refractivity contribution in [1.82, 2.24) is 10.2 Å². The van der Waals surface area contributed by atoms with Crippen LogP contribution < -0.4 is 10.1 Å². The van der Waals surface area contributed by atoms with Gasteiger partial charge in [-0.2, -0.15) is 0 Å². The molecule has 0 radical (unpaired) electrons. The Morgan fingerprint density at radius 2 is 1.96 bits per heavy atom. The molecule has 0 aliphatic carbocycles. The Bertz CT molecular complexity index is 722. The first kappa shape index (κ1) is 19.2. The van der Waals surface area contributed by atoms with Crippen LogP contribution in [0.1, 0.15) is 24.1 Å². The molecule has 0 saturated heterocycles. The highest BCUT2D eigenvalue weighted by atomic mass is 35.5. The number of benzene rings is 2. The van der Waals surface area contributed by atoms with Gasteiger partial charge in [0.05, 0.1) is 19.7 Å². The predicted molar refractivity (Wildman–Crippen MR) is 97.3 cm³/mol. The van der Waals surface area contributed by atoms with E-state index in [0.717, 1.165) is 11.1 Å². The molecule has 0 aromatic heterocycles. The zero-order valence-electron chi connectivity index (χ0n) is 14.6. The van der Waals surface area contributed by atoms with Crippen LogP contribution in [0.25, 0.3) is 0 Å². The molecule has 0 unspecified atom stereocenters. The average Bonchev–Trinajstić information content (AvgIpc) is 2.55. The molecule has 0 bridgehead atoms. The van der Waals surface area contributed by atoms with Crippen molar-refractivity contribution in [1.29, 1.82) is 0 Å². The van der Waals surface area contributed by atoms with Crippen LogP contribution in [-0.4, -0.2) is 31.5 Å². The second-order valence-electron chi connectivity index (χ2n) is 5.98. The van der Waals surface area contributed by atoms with Crippen molar-refractivity contribution >= 4 is 17.5 Å². The largest absolute Gasteiger partial charge is 0.494 e. The maximum Gasteiger partial charge on any atom is 0.234 e. The molecule has 2 rings (SSSR count). The highest BCUT2D eigenvalue weighted by Gasteiger charge is 2.12. The molecule has 1 atom stereocenters. The number of carbonyl (C=O) groups is 1. The number of hydrogen-bond donors (Lipinski definition) is 1. The minimum absolute atomic E-state index is 0.0982. The van der Waals surface area contributed by atoms with E-state index in [-0.39, 0.29) is 24.2 Å². The van der Waals surface area contributed by atoms with Crippen molar-refractivity contribution < 1.29 is 13.9 Å². The fourth-order valence-electron chi connectivity index (χ4n) is 2.54. The highest BCUT2D eigenvalue weighted by molar-refractivity contribution is 6.30. The maximum atomic E-state index is 13.7. The van der Waals surface area contributed by atoms with Gasteiger partial charge in [0.15, 0.2) is 11.6 Å². The van der Waals surface area contributed by atoms with Gasteiger partial charge in [-0.1, -0.05) is 29.8 Å². The summed E-state index contributed by atoms with van der Waals surface area (Å²) in [6, 6.07) is 12.0. The van der Waals surface area contributed by atoms with Crippen molar-refractivity contribution in [2.45, 2.75) is 19.5 Å². The summed E-state index contributed by atoms with van der Waals surface area (Å²) in [5, 5.41) is 3.61. The quantitative estimate of drug-likeness (QED) is 0.812. The number of amides is 1. The first-order chi connectivity index (χ1) is 11.9. The van der Waals surface area contributed by atoms with Crippen LogP contribution in [0.5, 0.6) is 5.75 Å². The molecular formula is C19H22ClFN2O2. The third-order valence-electron chi connectivity index (χ3n) is 3.83. The average molecular weight is 365 g/mol. The summed E-state index contributed by atoms with van der Waals surface area (Å²) in [4.78, 5) is 14.0. The third-order valence-corrected chi connectivity index (χ3v) is 4.08. The number of nitrogens with one attached hydrogen (secondary N) is 1. The molecule has 6 heteroatoms. The number of halogens is 2. The topological polar surface area (TPSA) is 41.6 Å². The van der Waals surface area contributed by atoms with E-state index >= 15 is 0 Å². The minimum Gasteiger partial charge on any atom is -0.494 e. The molecule has 4 nitrogen and oxygen atoms in total. The Kier molecular flexibility index (Phi) is 6.79. The zero-order valence-corrected chi connectivity index (χ0v) is 15.3. The van der Waals surface area contributed by atoms with Gasteiger partial charge in [-0.05, 0) is 49.4 Å². The molecule has 0 aliphatic rings. The fraction of sp³-hybridized carbons (Fsp3) is 0.316. The van der Waals surface area contributed by atoms with Crippen LogP contribution in [-0.2, 0) is 11.3 Å². The fourth-order valence-corrected chi connectivity index (χ4v) is 2.67. The van der Waals surface area contributed by atoms with Crippen LogP contribution in [0.2, 0.25) is 5.02 Å². The van der Waals surface area contributed by atoms with Gasteiger partial charge in [-0.15, -0.1) is 0 Å². The Hall–Kier alpha value is -2.11. The molecule has 134 valence electrons. The van der Waals surface area contributed by atoms with Gasteiger partial charge in [-0.25, -0.2) is 4.39 Å². The Morgan fingerprint density at radius 3 is 2.56 bits per heavy atom. The van der Waals surface area contributed by atoms with Crippen molar-refractivity contribution in [3.8, 4) is 5.75 Å². The summed E-state index contributed by atoms with van der Waals surface area (Å²) >= 11 is 5.87. The molecule has 2 aromatic carbocycles. The summed E-state index contributed by atoms with van der Waals surface area (Å²) < 4.78 is 18.6. The zero-order chi connectivity index (χ0) is 18.4. The molecule has 0 saturated carbocycles. The van der Waals surface area contributed by atoms with Gasteiger partial charge < -0.3 is 10.1 Å². The van der Waals surface area contributed by atoms with Gasteiger partial charge in [0.1, 0.15) is 0 Å². The maximum absolute atomic E-state index is 13.7. The monoisotopic (exact) mass is 364 g/mol. The standard InChI is InChI=1S/C19H22ClFN2O2/c1-13(15-5-7-16(20)8-6-15)22-19(24)12-23(2)11-14-4-9-18(25-3)17(21)10-14/h4-10,13H,11-12H2,1-3H3,(H,22,24)/t13-/m1/s1. The molecule has 25 heavy (non-hydrogen) atoms. The number of hydrogen-bond acceptors (Lipinski definition) is 3. The number of likely N-dealkylation sites (N-methyl/N-ethyl adjacent to an activating group) is 1. The summed E-state index contributed by atoms with van der Waals surface area (Å²) in [7, 11) is 3.24.